The third-order valence-corrected chi connectivity index (χ3v) is 6.73. The lowest BCUT2D eigenvalue weighted by Gasteiger charge is -2.12. The summed E-state index contributed by atoms with van der Waals surface area (Å²) in [7, 11) is -3.83. The average Bonchev–Trinajstić information content (AvgIpc) is 3.12. The standard InChI is InChI=1S/C19H17N3O4S2/c1-12-9-19(23)21-16-11-15(5-6-18(16)27-12)28(24,25)22-14-4-2-3-13(10-14)17-7-8-20-26-17/h2-8,10-12,22H,9H2,1H3,(H,21,23)/t12-/m1/s1. The summed E-state index contributed by atoms with van der Waals surface area (Å²) >= 11 is 1.55. The number of nitrogens with zero attached hydrogens (tertiary/aromatic N) is 1. The van der Waals surface area contributed by atoms with Crippen molar-refractivity contribution in [2.24, 2.45) is 0 Å². The van der Waals surface area contributed by atoms with Crippen LogP contribution >= 0.6 is 11.8 Å². The maximum atomic E-state index is 12.9. The number of benzene rings is 2. The SMILES string of the molecule is C[C@@H]1CC(=O)Nc2cc(S(=O)(=O)Nc3cccc(-c4ccno4)c3)ccc2S1. The molecule has 0 saturated heterocycles. The molecule has 0 unspecified atom stereocenters. The van der Waals surface area contributed by atoms with Crippen LogP contribution in [0.1, 0.15) is 13.3 Å². The van der Waals surface area contributed by atoms with E-state index >= 15 is 0 Å². The first-order valence-corrected chi connectivity index (χ1v) is 10.9. The number of aromatic nitrogens is 1. The molecular weight excluding hydrogens is 398 g/mol. The molecule has 7 nitrogen and oxygen atoms in total. The number of fused-ring (bicyclic) bond motifs is 1. The van der Waals surface area contributed by atoms with E-state index in [1.54, 1.807) is 54.2 Å². The van der Waals surface area contributed by atoms with Crippen molar-refractivity contribution >= 4 is 39.1 Å². The van der Waals surface area contributed by atoms with Gasteiger partial charge in [-0.05, 0) is 30.3 Å². The summed E-state index contributed by atoms with van der Waals surface area (Å²) in [6, 6.07) is 13.3. The summed E-state index contributed by atoms with van der Waals surface area (Å²) in [6.45, 7) is 1.97. The van der Waals surface area contributed by atoms with E-state index in [9.17, 15) is 13.2 Å². The summed E-state index contributed by atoms with van der Waals surface area (Å²) in [5.74, 6) is 0.418. The van der Waals surface area contributed by atoms with Crippen LogP contribution in [0.15, 0.2) is 69.0 Å². The molecule has 0 spiro atoms. The highest BCUT2D eigenvalue weighted by molar-refractivity contribution is 8.00. The summed E-state index contributed by atoms with van der Waals surface area (Å²) in [6.07, 6.45) is 1.91. The Kier molecular flexibility index (Phi) is 4.86. The van der Waals surface area contributed by atoms with Crippen LogP contribution in [0.4, 0.5) is 11.4 Å². The van der Waals surface area contributed by atoms with Crippen molar-refractivity contribution < 1.29 is 17.7 Å². The number of rotatable bonds is 4. The summed E-state index contributed by atoms with van der Waals surface area (Å²) < 4.78 is 33.4. The van der Waals surface area contributed by atoms with E-state index in [1.807, 2.05) is 6.92 Å². The quantitative estimate of drug-likeness (QED) is 0.669. The largest absolute Gasteiger partial charge is 0.356 e. The highest BCUT2D eigenvalue weighted by Crippen LogP contribution is 2.36. The predicted octanol–water partition coefficient (Wildman–Crippen LogP) is 3.97. The van der Waals surface area contributed by atoms with Crippen molar-refractivity contribution in [1.29, 1.82) is 0 Å². The molecule has 4 rings (SSSR count). The minimum Gasteiger partial charge on any atom is -0.356 e. The highest BCUT2D eigenvalue weighted by Gasteiger charge is 2.22. The van der Waals surface area contributed by atoms with Gasteiger partial charge < -0.3 is 9.84 Å². The van der Waals surface area contributed by atoms with E-state index in [1.165, 1.54) is 12.3 Å². The van der Waals surface area contributed by atoms with Crippen LogP contribution in [0.5, 0.6) is 0 Å². The molecule has 2 heterocycles. The van der Waals surface area contributed by atoms with Crippen molar-refractivity contribution in [1.82, 2.24) is 5.16 Å². The van der Waals surface area contributed by atoms with Crippen LogP contribution in [-0.2, 0) is 14.8 Å². The second-order valence-electron chi connectivity index (χ2n) is 6.40. The van der Waals surface area contributed by atoms with Crippen LogP contribution < -0.4 is 10.0 Å². The molecule has 3 aromatic rings. The fourth-order valence-electron chi connectivity index (χ4n) is 2.91. The number of hydrogen-bond acceptors (Lipinski definition) is 6. The number of carbonyl (C=O) groups is 1. The monoisotopic (exact) mass is 415 g/mol. The minimum absolute atomic E-state index is 0.0757. The third kappa shape index (κ3) is 3.90. The maximum Gasteiger partial charge on any atom is 0.261 e. The van der Waals surface area contributed by atoms with Gasteiger partial charge in [0.25, 0.3) is 10.0 Å². The Hall–Kier alpha value is -2.78. The van der Waals surface area contributed by atoms with Crippen molar-refractivity contribution in [3.63, 3.8) is 0 Å². The molecule has 0 fully saturated rings. The maximum absolute atomic E-state index is 12.9. The van der Waals surface area contributed by atoms with E-state index in [0.717, 1.165) is 4.90 Å². The first kappa shape index (κ1) is 18.6. The molecule has 1 aliphatic rings. The van der Waals surface area contributed by atoms with Crippen molar-refractivity contribution in [2.75, 3.05) is 10.0 Å². The molecule has 0 bridgehead atoms. The molecule has 28 heavy (non-hydrogen) atoms. The predicted molar refractivity (Wildman–Crippen MR) is 108 cm³/mol. The Morgan fingerprint density at radius 2 is 2.07 bits per heavy atom. The normalized spacial score (nSPS) is 16.8. The molecule has 1 aromatic heterocycles. The first-order chi connectivity index (χ1) is 13.4. The van der Waals surface area contributed by atoms with Gasteiger partial charge in [-0.1, -0.05) is 24.2 Å². The fourth-order valence-corrected chi connectivity index (χ4v) is 5.04. The van der Waals surface area contributed by atoms with Gasteiger partial charge >= 0.3 is 0 Å². The number of thioether (sulfide) groups is 1. The van der Waals surface area contributed by atoms with Gasteiger partial charge in [-0.3, -0.25) is 9.52 Å². The number of sulfonamides is 1. The van der Waals surface area contributed by atoms with Crippen LogP contribution in [-0.4, -0.2) is 24.7 Å². The molecule has 1 atom stereocenters. The zero-order chi connectivity index (χ0) is 19.7. The van der Waals surface area contributed by atoms with Crippen LogP contribution in [0.2, 0.25) is 0 Å². The van der Waals surface area contributed by atoms with Crippen molar-refractivity contribution in [3.8, 4) is 11.3 Å². The Morgan fingerprint density at radius 1 is 1.21 bits per heavy atom. The molecule has 2 aromatic carbocycles. The third-order valence-electron chi connectivity index (χ3n) is 4.17. The van der Waals surface area contributed by atoms with Crippen LogP contribution in [0.3, 0.4) is 0 Å². The molecule has 0 saturated carbocycles. The minimum atomic E-state index is -3.83. The van der Waals surface area contributed by atoms with Crippen molar-refractivity contribution in [2.45, 2.75) is 28.4 Å². The second-order valence-corrected chi connectivity index (χ2v) is 9.56. The van der Waals surface area contributed by atoms with E-state index in [4.69, 9.17) is 4.52 Å². The second kappa shape index (κ2) is 7.33. The van der Waals surface area contributed by atoms with Gasteiger partial charge in [-0.15, -0.1) is 11.8 Å². The van der Waals surface area contributed by atoms with Gasteiger partial charge in [-0.2, -0.15) is 0 Å². The Balaban J connectivity index is 1.63. The molecule has 2 N–H and O–H groups in total. The first-order valence-electron chi connectivity index (χ1n) is 8.55. The van der Waals surface area contributed by atoms with Gasteiger partial charge in [0.1, 0.15) is 0 Å². The topological polar surface area (TPSA) is 101 Å². The van der Waals surface area contributed by atoms with E-state index in [-0.39, 0.29) is 16.1 Å². The lowest BCUT2D eigenvalue weighted by molar-refractivity contribution is -0.116. The molecule has 0 radical (unpaired) electrons. The number of nitrogens with one attached hydrogen (secondary N) is 2. The van der Waals surface area contributed by atoms with Crippen LogP contribution in [0, 0.1) is 0 Å². The molecule has 1 aliphatic heterocycles. The summed E-state index contributed by atoms with van der Waals surface area (Å²) in [5, 5.41) is 6.57. The van der Waals surface area contributed by atoms with Crippen LogP contribution in [0.25, 0.3) is 11.3 Å². The molecule has 144 valence electrons. The molecule has 1 amide bonds. The average molecular weight is 415 g/mol. The van der Waals surface area contributed by atoms with Gasteiger partial charge in [0.2, 0.25) is 5.91 Å². The highest BCUT2D eigenvalue weighted by atomic mass is 32.2. The van der Waals surface area contributed by atoms with Gasteiger partial charge in [-0.25, -0.2) is 8.42 Å². The van der Waals surface area contributed by atoms with E-state index in [0.29, 0.717) is 29.1 Å². The Morgan fingerprint density at radius 3 is 2.86 bits per heavy atom. The lowest BCUT2D eigenvalue weighted by Crippen LogP contribution is -2.15. The number of carbonyl (C=O) groups excluding carboxylic acids is 1. The zero-order valence-electron chi connectivity index (χ0n) is 14.9. The number of anilines is 2. The zero-order valence-corrected chi connectivity index (χ0v) is 16.5. The van der Waals surface area contributed by atoms with Gasteiger partial charge in [0.05, 0.1) is 16.8 Å². The fraction of sp³-hybridized carbons (Fsp3) is 0.158. The lowest BCUT2D eigenvalue weighted by atomic mass is 10.1. The summed E-state index contributed by atoms with van der Waals surface area (Å²) in [4.78, 5) is 12.9. The smallest absolute Gasteiger partial charge is 0.261 e. The van der Waals surface area contributed by atoms with Crippen molar-refractivity contribution in [3.05, 3.63) is 54.7 Å². The van der Waals surface area contributed by atoms with E-state index in [2.05, 4.69) is 15.2 Å². The molecule has 0 aliphatic carbocycles. The number of hydrogen-bond donors (Lipinski definition) is 2. The molecule has 9 heteroatoms. The number of amides is 1. The Bertz CT molecular complexity index is 1130. The molecular formula is C19H17N3O4S2. The Labute approximate surface area is 166 Å². The van der Waals surface area contributed by atoms with Gasteiger partial charge in [0, 0.05) is 33.9 Å². The van der Waals surface area contributed by atoms with E-state index < -0.39 is 10.0 Å². The summed E-state index contributed by atoms with van der Waals surface area (Å²) in [5.41, 5.74) is 1.62. The van der Waals surface area contributed by atoms with Gasteiger partial charge in [0.15, 0.2) is 5.76 Å².